The number of aromatic nitrogens is 1. The van der Waals surface area contributed by atoms with Crippen molar-refractivity contribution in [2.45, 2.75) is 6.92 Å². The van der Waals surface area contributed by atoms with Gasteiger partial charge in [0.05, 0.1) is 0 Å². The first-order valence-corrected chi connectivity index (χ1v) is 4.84. The molecular weight excluding hydrogens is 182 g/mol. The zero-order chi connectivity index (χ0) is 10.5. The van der Waals surface area contributed by atoms with Crippen LogP contribution in [-0.4, -0.2) is 4.98 Å². The van der Waals surface area contributed by atoms with Gasteiger partial charge in [-0.05, 0) is 36.6 Å². The molecule has 1 aromatic carbocycles. The van der Waals surface area contributed by atoms with Crippen LogP contribution in [0.1, 0.15) is 16.8 Å². The molecule has 0 bridgehead atoms. The number of rotatable bonds is 0. The van der Waals surface area contributed by atoms with E-state index in [1.54, 1.807) is 0 Å². The summed E-state index contributed by atoms with van der Waals surface area (Å²) in [6, 6.07) is 13.9. The second-order valence-electron chi connectivity index (χ2n) is 3.34. The Morgan fingerprint density at radius 2 is 1.73 bits per heavy atom. The highest BCUT2D eigenvalue weighted by Crippen LogP contribution is 1.98. The maximum atomic E-state index is 4.22. The van der Waals surface area contributed by atoms with Crippen molar-refractivity contribution in [1.29, 1.82) is 0 Å². The van der Waals surface area contributed by atoms with Gasteiger partial charge in [-0.15, -0.1) is 0 Å². The van der Waals surface area contributed by atoms with Crippen molar-refractivity contribution in [3.8, 4) is 11.8 Å². The number of hydrogen-bond donors (Lipinski definition) is 0. The zero-order valence-electron chi connectivity index (χ0n) is 8.57. The molecule has 0 unspecified atom stereocenters. The first-order valence-electron chi connectivity index (χ1n) is 4.84. The highest BCUT2D eigenvalue weighted by Gasteiger charge is 1.87. The van der Waals surface area contributed by atoms with Crippen LogP contribution in [0.15, 0.2) is 48.7 Å². The summed E-state index contributed by atoms with van der Waals surface area (Å²) < 4.78 is 0. The Morgan fingerprint density at radius 1 is 0.933 bits per heavy atom. The molecule has 0 fully saturated rings. The van der Waals surface area contributed by atoms with Crippen LogP contribution in [0.3, 0.4) is 0 Å². The van der Waals surface area contributed by atoms with Crippen LogP contribution in [0.25, 0.3) is 0 Å². The lowest BCUT2D eigenvalue weighted by molar-refractivity contribution is 1.24. The lowest BCUT2D eigenvalue weighted by Gasteiger charge is -1.91. The average molecular weight is 193 g/mol. The molecule has 0 radical (unpaired) electrons. The molecular formula is C14H11N. The summed E-state index contributed by atoms with van der Waals surface area (Å²) in [6.45, 7) is 2.02. The third-order valence-electron chi connectivity index (χ3n) is 2.02. The van der Waals surface area contributed by atoms with Gasteiger partial charge in [0.25, 0.3) is 0 Å². The fourth-order valence-corrected chi connectivity index (χ4v) is 1.20. The molecule has 0 aliphatic carbocycles. The van der Waals surface area contributed by atoms with Crippen molar-refractivity contribution < 1.29 is 0 Å². The molecule has 0 spiro atoms. The molecule has 1 heteroatoms. The number of benzene rings is 1. The third kappa shape index (κ3) is 2.69. The molecule has 2 rings (SSSR count). The molecule has 0 saturated carbocycles. The van der Waals surface area contributed by atoms with Gasteiger partial charge < -0.3 is 0 Å². The Hall–Kier alpha value is -2.07. The molecule has 0 amide bonds. The largest absolute Gasteiger partial charge is 0.248 e. The summed E-state index contributed by atoms with van der Waals surface area (Å²) in [7, 11) is 0. The van der Waals surface area contributed by atoms with Crippen LogP contribution >= 0.6 is 0 Å². The Balaban J connectivity index is 2.22. The van der Waals surface area contributed by atoms with Gasteiger partial charge >= 0.3 is 0 Å². The Morgan fingerprint density at radius 3 is 2.40 bits per heavy atom. The Labute approximate surface area is 89.8 Å². The quantitative estimate of drug-likeness (QED) is 0.586. The maximum Gasteiger partial charge on any atom is 0.113 e. The lowest BCUT2D eigenvalue weighted by Crippen LogP contribution is -1.82. The maximum absolute atomic E-state index is 4.22. The van der Waals surface area contributed by atoms with Crippen molar-refractivity contribution in [1.82, 2.24) is 4.98 Å². The lowest BCUT2D eigenvalue weighted by atomic mass is 10.2. The Kier molecular flexibility index (Phi) is 2.80. The number of hydrogen-bond acceptors (Lipinski definition) is 1. The van der Waals surface area contributed by atoms with Crippen LogP contribution in [-0.2, 0) is 0 Å². The van der Waals surface area contributed by atoms with E-state index in [0.717, 1.165) is 16.8 Å². The summed E-state index contributed by atoms with van der Waals surface area (Å²) in [6.07, 6.45) is 1.83. The van der Waals surface area contributed by atoms with Crippen LogP contribution in [0.4, 0.5) is 0 Å². The minimum atomic E-state index is 0.810. The van der Waals surface area contributed by atoms with E-state index in [2.05, 4.69) is 16.8 Å². The monoisotopic (exact) mass is 193 g/mol. The number of pyridine rings is 1. The molecule has 72 valence electrons. The van der Waals surface area contributed by atoms with Gasteiger partial charge in [-0.1, -0.05) is 30.2 Å². The molecule has 2 aromatic rings. The SMILES string of the molecule is Cc1ccc(C#Cc2ccccc2)nc1. The molecule has 0 aliphatic rings. The summed E-state index contributed by atoms with van der Waals surface area (Å²) >= 11 is 0. The van der Waals surface area contributed by atoms with Gasteiger partial charge in [0.15, 0.2) is 0 Å². The van der Waals surface area contributed by atoms with E-state index in [-0.39, 0.29) is 0 Å². The van der Waals surface area contributed by atoms with Gasteiger partial charge in [0, 0.05) is 11.8 Å². The van der Waals surface area contributed by atoms with E-state index < -0.39 is 0 Å². The van der Waals surface area contributed by atoms with E-state index in [1.807, 2.05) is 55.6 Å². The highest BCUT2D eigenvalue weighted by atomic mass is 14.7. The van der Waals surface area contributed by atoms with E-state index in [1.165, 1.54) is 0 Å². The number of nitrogens with zero attached hydrogens (tertiary/aromatic N) is 1. The van der Waals surface area contributed by atoms with E-state index in [4.69, 9.17) is 0 Å². The summed E-state index contributed by atoms with van der Waals surface area (Å²) in [5, 5.41) is 0. The third-order valence-corrected chi connectivity index (χ3v) is 2.02. The molecule has 0 atom stereocenters. The van der Waals surface area contributed by atoms with Gasteiger partial charge in [-0.25, -0.2) is 4.98 Å². The number of aryl methyl sites for hydroxylation is 1. The minimum absolute atomic E-state index is 0.810. The standard InChI is InChI=1S/C14H11N/c1-12-7-9-14(15-11-12)10-8-13-5-3-2-4-6-13/h2-7,9,11H,1H3. The predicted molar refractivity (Wildman–Crippen MR) is 61.4 cm³/mol. The van der Waals surface area contributed by atoms with Crippen molar-refractivity contribution in [3.05, 3.63) is 65.5 Å². The van der Waals surface area contributed by atoms with E-state index in [9.17, 15) is 0 Å². The van der Waals surface area contributed by atoms with Gasteiger partial charge in [0.1, 0.15) is 5.69 Å². The van der Waals surface area contributed by atoms with Crippen molar-refractivity contribution in [2.24, 2.45) is 0 Å². The fourth-order valence-electron chi connectivity index (χ4n) is 1.20. The highest BCUT2D eigenvalue weighted by molar-refractivity contribution is 5.39. The second kappa shape index (κ2) is 4.43. The molecule has 15 heavy (non-hydrogen) atoms. The smallest absolute Gasteiger partial charge is 0.113 e. The Bertz CT molecular complexity index is 486. The molecule has 0 saturated heterocycles. The summed E-state index contributed by atoms with van der Waals surface area (Å²) in [5.41, 5.74) is 2.98. The van der Waals surface area contributed by atoms with Gasteiger partial charge in [-0.3, -0.25) is 0 Å². The fraction of sp³-hybridized carbons (Fsp3) is 0.0714. The van der Waals surface area contributed by atoms with Crippen LogP contribution < -0.4 is 0 Å². The summed E-state index contributed by atoms with van der Waals surface area (Å²) in [4.78, 5) is 4.22. The minimum Gasteiger partial charge on any atom is -0.248 e. The average Bonchev–Trinajstić information content (AvgIpc) is 2.30. The van der Waals surface area contributed by atoms with E-state index in [0.29, 0.717) is 0 Å². The van der Waals surface area contributed by atoms with Gasteiger partial charge in [0.2, 0.25) is 0 Å². The van der Waals surface area contributed by atoms with Crippen molar-refractivity contribution >= 4 is 0 Å². The predicted octanol–water partition coefficient (Wildman–Crippen LogP) is 2.79. The van der Waals surface area contributed by atoms with Crippen LogP contribution in [0.5, 0.6) is 0 Å². The molecule has 1 heterocycles. The second-order valence-corrected chi connectivity index (χ2v) is 3.34. The molecule has 0 N–H and O–H groups in total. The van der Waals surface area contributed by atoms with Gasteiger partial charge in [-0.2, -0.15) is 0 Å². The molecule has 1 nitrogen and oxygen atoms in total. The topological polar surface area (TPSA) is 12.9 Å². The van der Waals surface area contributed by atoms with Crippen LogP contribution in [0.2, 0.25) is 0 Å². The summed E-state index contributed by atoms with van der Waals surface area (Å²) in [5.74, 6) is 6.09. The van der Waals surface area contributed by atoms with Crippen molar-refractivity contribution in [3.63, 3.8) is 0 Å². The first-order chi connectivity index (χ1) is 7.34. The van der Waals surface area contributed by atoms with Crippen molar-refractivity contribution in [2.75, 3.05) is 0 Å². The molecule has 1 aromatic heterocycles. The zero-order valence-corrected chi connectivity index (χ0v) is 8.57. The normalized spacial score (nSPS) is 9.13. The molecule has 0 aliphatic heterocycles. The first kappa shape index (κ1) is 9.48. The van der Waals surface area contributed by atoms with Crippen LogP contribution in [0, 0.1) is 18.8 Å². The van der Waals surface area contributed by atoms with E-state index >= 15 is 0 Å².